The Labute approximate surface area is 158 Å². The van der Waals surface area contributed by atoms with E-state index < -0.39 is 23.9 Å². The van der Waals surface area contributed by atoms with Crippen LogP contribution in [-0.2, 0) is 20.8 Å². The van der Waals surface area contributed by atoms with Crippen LogP contribution >= 0.6 is 24.0 Å². The Hall–Kier alpha value is -2.46. The molecule has 1 saturated heterocycles. The zero-order valence-electron chi connectivity index (χ0n) is 13.4. The van der Waals surface area contributed by atoms with Gasteiger partial charge in [0.25, 0.3) is 5.91 Å². The number of carboxylic acids is 2. The summed E-state index contributed by atoms with van der Waals surface area (Å²) < 4.78 is 0.414. The van der Waals surface area contributed by atoms with E-state index in [0.717, 1.165) is 5.56 Å². The van der Waals surface area contributed by atoms with E-state index in [9.17, 15) is 19.2 Å². The fourth-order valence-corrected chi connectivity index (χ4v) is 3.66. The first-order valence-corrected chi connectivity index (χ1v) is 8.91. The zero-order chi connectivity index (χ0) is 19.3. The summed E-state index contributed by atoms with van der Waals surface area (Å²) in [7, 11) is 0. The third-order valence-corrected chi connectivity index (χ3v) is 5.00. The monoisotopic (exact) mass is 396 g/mol. The quantitative estimate of drug-likeness (QED) is 0.474. The van der Waals surface area contributed by atoms with Crippen LogP contribution in [0.4, 0.5) is 0 Å². The highest BCUT2D eigenvalue weighted by atomic mass is 32.2. The second kappa shape index (κ2) is 8.77. The lowest BCUT2D eigenvalue weighted by Crippen LogP contribution is -2.41. The van der Waals surface area contributed by atoms with E-state index in [1.165, 1.54) is 17.8 Å². The third kappa shape index (κ3) is 5.53. The smallest absolute Gasteiger partial charge is 0.326 e. The fraction of sp³-hybridized carbons (Fsp3) is 0.312. The molecule has 2 rings (SSSR count). The average molecular weight is 396 g/mol. The molecule has 1 aliphatic heterocycles. The van der Waals surface area contributed by atoms with Crippen molar-refractivity contribution in [2.45, 2.75) is 30.6 Å². The van der Waals surface area contributed by atoms with Gasteiger partial charge in [0.1, 0.15) is 10.4 Å². The van der Waals surface area contributed by atoms with Gasteiger partial charge in [0.2, 0.25) is 5.91 Å². The van der Waals surface area contributed by atoms with Crippen LogP contribution < -0.4 is 10.6 Å². The molecule has 1 heterocycles. The maximum atomic E-state index is 12.3. The van der Waals surface area contributed by atoms with Gasteiger partial charge in [-0.1, -0.05) is 36.1 Å². The molecule has 0 saturated carbocycles. The zero-order valence-corrected chi connectivity index (χ0v) is 15.1. The standard InChI is InChI=1S/C16H16N2O6S2/c19-12(20)5-4-10(15(23)24)17-13(21)9-3-1-2-8(6-9)7-11-14(22)18-16(25)26-11/h1-3,6,10-11H,4-5,7H2,(H,17,21)(H,19,20)(H,23,24)(H,18,22,25)/t10-,11?/m1/s1. The van der Waals surface area contributed by atoms with E-state index in [4.69, 9.17) is 22.4 Å². The van der Waals surface area contributed by atoms with Gasteiger partial charge in [0, 0.05) is 12.0 Å². The molecule has 0 aliphatic carbocycles. The highest BCUT2D eigenvalue weighted by Gasteiger charge is 2.29. The molecule has 1 fully saturated rings. The van der Waals surface area contributed by atoms with E-state index >= 15 is 0 Å². The molecule has 0 bridgehead atoms. The average Bonchev–Trinajstić information content (AvgIpc) is 2.88. The van der Waals surface area contributed by atoms with Crippen LogP contribution in [0.5, 0.6) is 0 Å². The fourth-order valence-electron chi connectivity index (χ4n) is 2.35. The van der Waals surface area contributed by atoms with Crippen molar-refractivity contribution >= 4 is 52.1 Å². The van der Waals surface area contributed by atoms with Crippen molar-refractivity contribution in [3.8, 4) is 0 Å². The number of thiocarbonyl (C=S) groups is 1. The van der Waals surface area contributed by atoms with Gasteiger partial charge in [-0.25, -0.2) is 4.79 Å². The van der Waals surface area contributed by atoms with Crippen molar-refractivity contribution in [1.82, 2.24) is 10.6 Å². The molecule has 2 amide bonds. The molecular formula is C16H16N2O6S2. The number of hydrogen-bond donors (Lipinski definition) is 4. The van der Waals surface area contributed by atoms with E-state index in [0.29, 0.717) is 10.7 Å². The molecule has 1 aliphatic rings. The summed E-state index contributed by atoms with van der Waals surface area (Å²) in [5, 5.41) is 22.3. The van der Waals surface area contributed by atoms with Crippen molar-refractivity contribution in [2.75, 3.05) is 0 Å². The van der Waals surface area contributed by atoms with Gasteiger partial charge >= 0.3 is 11.9 Å². The van der Waals surface area contributed by atoms with Crippen LogP contribution in [0.3, 0.4) is 0 Å². The molecule has 2 atom stereocenters. The van der Waals surface area contributed by atoms with Crippen LogP contribution in [0.1, 0.15) is 28.8 Å². The summed E-state index contributed by atoms with van der Waals surface area (Å²) in [6.45, 7) is 0. The molecule has 10 heteroatoms. The Morgan fingerprint density at radius 1 is 1.31 bits per heavy atom. The number of benzene rings is 1. The molecule has 1 aromatic carbocycles. The molecule has 8 nitrogen and oxygen atoms in total. The van der Waals surface area contributed by atoms with Crippen LogP contribution in [0.15, 0.2) is 24.3 Å². The number of aliphatic carboxylic acids is 2. The molecule has 26 heavy (non-hydrogen) atoms. The third-order valence-electron chi connectivity index (χ3n) is 3.63. The summed E-state index contributed by atoms with van der Waals surface area (Å²) in [5.74, 6) is -3.25. The summed E-state index contributed by atoms with van der Waals surface area (Å²) in [6, 6.07) is 5.18. The Bertz CT molecular complexity index is 767. The van der Waals surface area contributed by atoms with Gasteiger partial charge in [0.15, 0.2) is 0 Å². The summed E-state index contributed by atoms with van der Waals surface area (Å²) >= 11 is 6.18. The maximum Gasteiger partial charge on any atom is 0.326 e. The van der Waals surface area contributed by atoms with E-state index in [2.05, 4.69) is 10.6 Å². The summed E-state index contributed by atoms with van der Waals surface area (Å²) in [5.41, 5.74) is 0.961. The van der Waals surface area contributed by atoms with Crippen molar-refractivity contribution in [1.29, 1.82) is 0 Å². The number of carbonyl (C=O) groups excluding carboxylic acids is 2. The van der Waals surface area contributed by atoms with Crippen LogP contribution in [0, 0.1) is 0 Å². The van der Waals surface area contributed by atoms with Gasteiger partial charge in [0.05, 0.1) is 5.25 Å². The van der Waals surface area contributed by atoms with Crippen molar-refractivity contribution in [2.24, 2.45) is 0 Å². The van der Waals surface area contributed by atoms with Gasteiger partial charge < -0.3 is 20.8 Å². The van der Waals surface area contributed by atoms with E-state index in [-0.39, 0.29) is 29.6 Å². The number of hydrogen-bond acceptors (Lipinski definition) is 6. The number of rotatable bonds is 8. The highest BCUT2D eigenvalue weighted by Crippen LogP contribution is 2.23. The summed E-state index contributed by atoms with van der Waals surface area (Å²) in [6.07, 6.45) is -0.212. The highest BCUT2D eigenvalue weighted by molar-refractivity contribution is 8.24. The number of carbonyl (C=O) groups is 4. The first-order chi connectivity index (χ1) is 12.3. The minimum Gasteiger partial charge on any atom is -0.481 e. The Morgan fingerprint density at radius 3 is 2.62 bits per heavy atom. The van der Waals surface area contributed by atoms with Crippen molar-refractivity contribution < 1.29 is 29.4 Å². The number of thioether (sulfide) groups is 1. The molecule has 0 aromatic heterocycles. The number of amides is 2. The maximum absolute atomic E-state index is 12.3. The van der Waals surface area contributed by atoms with Crippen LogP contribution in [-0.4, -0.2) is 49.6 Å². The molecule has 138 valence electrons. The Morgan fingerprint density at radius 2 is 2.04 bits per heavy atom. The van der Waals surface area contributed by atoms with E-state index in [1.807, 2.05) is 0 Å². The SMILES string of the molecule is O=C(O)CC[C@@H](NC(=O)c1cccc(CC2SC(=S)NC2=O)c1)C(=O)O. The van der Waals surface area contributed by atoms with Gasteiger partial charge in [-0.05, 0) is 30.5 Å². The predicted octanol–water partition coefficient (Wildman–Crippen LogP) is 0.793. The second-order valence-corrected chi connectivity index (χ2v) is 7.46. The van der Waals surface area contributed by atoms with Gasteiger partial charge in [-0.2, -0.15) is 0 Å². The van der Waals surface area contributed by atoms with E-state index in [1.54, 1.807) is 18.2 Å². The largest absolute Gasteiger partial charge is 0.481 e. The molecule has 1 aromatic rings. The molecule has 4 N–H and O–H groups in total. The minimum absolute atomic E-state index is 0.186. The van der Waals surface area contributed by atoms with Crippen molar-refractivity contribution in [3.05, 3.63) is 35.4 Å². The first kappa shape index (κ1) is 19.9. The van der Waals surface area contributed by atoms with Crippen LogP contribution in [0.2, 0.25) is 0 Å². The molecule has 0 spiro atoms. The van der Waals surface area contributed by atoms with Crippen LogP contribution in [0.25, 0.3) is 0 Å². The van der Waals surface area contributed by atoms with Gasteiger partial charge in [-0.15, -0.1) is 0 Å². The Balaban J connectivity index is 2.04. The van der Waals surface area contributed by atoms with Gasteiger partial charge in [-0.3, -0.25) is 14.4 Å². The molecule has 1 unspecified atom stereocenters. The molecular weight excluding hydrogens is 380 g/mol. The topological polar surface area (TPSA) is 133 Å². The summed E-state index contributed by atoms with van der Waals surface area (Å²) in [4.78, 5) is 45.8. The second-order valence-electron chi connectivity index (χ2n) is 5.58. The first-order valence-electron chi connectivity index (χ1n) is 7.62. The molecule has 0 radical (unpaired) electrons. The lowest BCUT2D eigenvalue weighted by atomic mass is 10.0. The van der Waals surface area contributed by atoms with Crippen molar-refractivity contribution in [3.63, 3.8) is 0 Å². The Kier molecular flexibility index (Phi) is 6.70. The number of carboxylic acid groups (broad SMARTS) is 2. The predicted molar refractivity (Wildman–Crippen MR) is 98.0 cm³/mol. The lowest BCUT2D eigenvalue weighted by Gasteiger charge is -2.14. The lowest BCUT2D eigenvalue weighted by molar-refractivity contribution is -0.140. The number of nitrogens with one attached hydrogen (secondary N) is 2. The normalized spacial score (nSPS) is 17.5. The minimum atomic E-state index is -1.30.